The van der Waals surface area contributed by atoms with Crippen LogP contribution in [-0.4, -0.2) is 23.3 Å². The van der Waals surface area contributed by atoms with E-state index in [0.29, 0.717) is 28.4 Å². The lowest BCUT2D eigenvalue weighted by Crippen LogP contribution is -2.20. The summed E-state index contributed by atoms with van der Waals surface area (Å²) in [5.41, 5.74) is 1.98. The van der Waals surface area contributed by atoms with E-state index in [1.54, 1.807) is 32.2 Å². The molecule has 0 radical (unpaired) electrons. The second kappa shape index (κ2) is 7.95. The SMILES string of the molecule is CCOP(=O)(Cc1ccc(-c2nc3cc(Cl)ccc3c(=O)n2C)cc1)OC. The summed E-state index contributed by atoms with van der Waals surface area (Å²) in [6.07, 6.45) is 0.178. The second-order valence-electron chi connectivity index (χ2n) is 6.03. The van der Waals surface area contributed by atoms with E-state index >= 15 is 0 Å². The highest BCUT2D eigenvalue weighted by molar-refractivity contribution is 7.53. The van der Waals surface area contributed by atoms with E-state index < -0.39 is 7.60 Å². The van der Waals surface area contributed by atoms with Crippen LogP contribution in [0.2, 0.25) is 5.02 Å². The van der Waals surface area contributed by atoms with Crippen LogP contribution in [0.4, 0.5) is 0 Å². The summed E-state index contributed by atoms with van der Waals surface area (Å²) in [5.74, 6) is 0.529. The summed E-state index contributed by atoms with van der Waals surface area (Å²) in [5, 5.41) is 1.04. The van der Waals surface area contributed by atoms with Gasteiger partial charge in [0.1, 0.15) is 5.82 Å². The van der Waals surface area contributed by atoms with Crippen LogP contribution in [0.5, 0.6) is 0 Å². The van der Waals surface area contributed by atoms with Gasteiger partial charge in [-0.1, -0.05) is 35.9 Å². The lowest BCUT2D eigenvalue weighted by atomic mass is 10.1. The number of hydrogen-bond donors (Lipinski definition) is 0. The van der Waals surface area contributed by atoms with Crippen LogP contribution < -0.4 is 5.56 Å². The predicted molar refractivity (Wildman–Crippen MR) is 107 cm³/mol. The maximum atomic E-state index is 12.6. The molecule has 3 aromatic rings. The smallest absolute Gasteiger partial charge is 0.312 e. The van der Waals surface area contributed by atoms with E-state index in [4.69, 9.17) is 20.6 Å². The summed E-state index contributed by atoms with van der Waals surface area (Å²) in [6.45, 7) is 2.09. The van der Waals surface area contributed by atoms with Crippen molar-refractivity contribution in [2.75, 3.05) is 13.7 Å². The molecule has 1 unspecified atom stereocenters. The van der Waals surface area contributed by atoms with Crippen LogP contribution in [0.3, 0.4) is 0 Å². The van der Waals surface area contributed by atoms with Gasteiger partial charge in [-0.2, -0.15) is 0 Å². The first-order valence-electron chi connectivity index (χ1n) is 8.42. The van der Waals surface area contributed by atoms with E-state index in [2.05, 4.69) is 4.98 Å². The van der Waals surface area contributed by atoms with Gasteiger partial charge in [0.15, 0.2) is 0 Å². The molecule has 0 bridgehead atoms. The van der Waals surface area contributed by atoms with Crippen LogP contribution in [0.1, 0.15) is 12.5 Å². The average molecular weight is 407 g/mol. The van der Waals surface area contributed by atoms with Crippen LogP contribution >= 0.6 is 19.2 Å². The van der Waals surface area contributed by atoms with Gasteiger partial charge < -0.3 is 9.05 Å². The largest absolute Gasteiger partial charge is 0.334 e. The zero-order chi connectivity index (χ0) is 19.6. The van der Waals surface area contributed by atoms with Crippen LogP contribution in [0, 0.1) is 0 Å². The van der Waals surface area contributed by atoms with Crippen molar-refractivity contribution < 1.29 is 13.6 Å². The molecule has 0 aliphatic heterocycles. The molecule has 0 amide bonds. The fourth-order valence-electron chi connectivity index (χ4n) is 2.84. The molecule has 1 heterocycles. The Morgan fingerprint density at radius 2 is 1.89 bits per heavy atom. The molecule has 1 aromatic heterocycles. The maximum Gasteiger partial charge on any atom is 0.334 e. The summed E-state index contributed by atoms with van der Waals surface area (Å²) in [6, 6.07) is 12.3. The molecule has 0 saturated heterocycles. The summed E-state index contributed by atoms with van der Waals surface area (Å²) in [4.78, 5) is 17.2. The standard InChI is InChI=1S/C19H20ClN2O4P/c1-4-26-27(24,25-3)12-13-5-7-14(8-6-13)18-21-17-11-15(20)9-10-16(17)19(23)22(18)2/h5-11H,4,12H2,1-3H3. The molecular weight excluding hydrogens is 387 g/mol. The van der Waals surface area contributed by atoms with Crippen molar-refractivity contribution in [3.8, 4) is 11.4 Å². The Kier molecular flexibility index (Phi) is 5.82. The van der Waals surface area contributed by atoms with E-state index in [1.807, 2.05) is 24.3 Å². The van der Waals surface area contributed by atoms with Crippen LogP contribution in [-0.2, 0) is 26.8 Å². The van der Waals surface area contributed by atoms with Crippen molar-refractivity contribution >= 4 is 30.1 Å². The minimum absolute atomic E-state index is 0.143. The molecule has 0 saturated carbocycles. The van der Waals surface area contributed by atoms with Crippen molar-refractivity contribution in [3.63, 3.8) is 0 Å². The first-order valence-corrected chi connectivity index (χ1v) is 10.5. The van der Waals surface area contributed by atoms with Gasteiger partial charge in [0.2, 0.25) is 0 Å². The summed E-state index contributed by atoms with van der Waals surface area (Å²) in [7, 11) is -0.0891. The monoisotopic (exact) mass is 406 g/mol. The lowest BCUT2D eigenvalue weighted by Gasteiger charge is -2.15. The molecule has 3 rings (SSSR count). The highest BCUT2D eigenvalue weighted by atomic mass is 35.5. The Morgan fingerprint density at radius 1 is 1.19 bits per heavy atom. The minimum Gasteiger partial charge on any atom is -0.312 e. The van der Waals surface area contributed by atoms with Gasteiger partial charge in [-0.3, -0.25) is 13.9 Å². The normalized spacial score (nSPS) is 13.6. The molecule has 0 aliphatic carbocycles. The van der Waals surface area contributed by atoms with Crippen LogP contribution in [0.25, 0.3) is 22.3 Å². The summed E-state index contributed by atoms with van der Waals surface area (Å²) >= 11 is 6.03. The molecular formula is C19H20ClN2O4P. The molecule has 0 N–H and O–H groups in total. The first kappa shape index (κ1) is 19.8. The van der Waals surface area contributed by atoms with Gasteiger partial charge >= 0.3 is 7.60 Å². The molecule has 8 heteroatoms. The topological polar surface area (TPSA) is 70.4 Å². The molecule has 0 spiro atoms. The van der Waals surface area contributed by atoms with Gasteiger partial charge in [-0.05, 0) is 30.7 Å². The maximum absolute atomic E-state index is 12.6. The second-order valence-corrected chi connectivity index (χ2v) is 8.63. The Morgan fingerprint density at radius 3 is 2.52 bits per heavy atom. The Balaban J connectivity index is 1.99. The van der Waals surface area contributed by atoms with Gasteiger partial charge in [-0.25, -0.2) is 4.98 Å². The molecule has 0 fully saturated rings. The number of rotatable bonds is 6. The van der Waals surface area contributed by atoms with Gasteiger partial charge in [0.05, 0.1) is 23.7 Å². The van der Waals surface area contributed by atoms with Gasteiger partial charge in [0.25, 0.3) is 5.56 Å². The minimum atomic E-state index is -3.15. The van der Waals surface area contributed by atoms with Crippen molar-refractivity contribution in [1.82, 2.24) is 9.55 Å². The molecule has 2 aromatic carbocycles. The van der Waals surface area contributed by atoms with Crippen molar-refractivity contribution in [2.45, 2.75) is 13.1 Å². The predicted octanol–water partition coefficient (Wildman–Crippen LogP) is 4.63. The highest BCUT2D eigenvalue weighted by Gasteiger charge is 2.22. The third-order valence-corrected chi connectivity index (χ3v) is 6.43. The number of nitrogens with zero attached hydrogens (tertiary/aromatic N) is 2. The van der Waals surface area contributed by atoms with Crippen molar-refractivity contribution in [3.05, 3.63) is 63.4 Å². The third kappa shape index (κ3) is 4.14. The highest BCUT2D eigenvalue weighted by Crippen LogP contribution is 2.50. The number of benzene rings is 2. The Hall–Kier alpha value is -1.98. The van der Waals surface area contributed by atoms with E-state index in [9.17, 15) is 9.36 Å². The Labute approximate surface area is 162 Å². The van der Waals surface area contributed by atoms with E-state index in [0.717, 1.165) is 11.1 Å². The summed E-state index contributed by atoms with van der Waals surface area (Å²) < 4.78 is 24.3. The zero-order valence-electron chi connectivity index (χ0n) is 15.3. The van der Waals surface area contributed by atoms with Crippen molar-refractivity contribution in [1.29, 1.82) is 0 Å². The quantitative estimate of drug-likeness (QED) is 0.558. The van der Waals surface area contributed by atoms with Gasteiger partial charge in [0, 0.05) is 24.7 Å². The molecule has 0 aliphatic rings. The molecule has 6 nitrogen and oxygen atoms in total. The van der Waals surface area contributed by atoms with Crippen LogP contribution in [0.15, 0.2) is 47.3 Å². The number of halogens is 1. The number of aromatic nitrogens is 2. The Bertz CT molecular complexity index is 1080. The fourth-order valence-corrected chi connectivity index (χ4v) is 4.39. The van der Waals surface area contributed by atoms with E-state index in [1.165, 1.54) is 11.7 Å². The molecule has 142 valence electrons. The third-order valence-electron chi connectivity index (χ3n) is 4.23. The van der Waals surface area contributed by atoms with E-state index in [-0.39, 0.29) is 11.7 Å². The molecule has 1 atom stereocenters. The number of hydrogen-bond acceptors (Lipinski definition) is 5. The fraction of sp³-hybridized carbons (Fsp3) is 0.263. The lowest BCUT2D eigenvalue weighted by molar-refractivity contribution is 0.243. The zero-order valence-corrected chi connectivity index (χ0v) is 17.0. The van der Waals surface area contributed by atoms with Crippen molar-refractivity contribution in [2.24, 2.45) is 7.05 Å². The molecule has 27 heavy (non-hydrogen) atoms. The van der Waals surface area contributed by atoms with Gasteiger partial charge in [-0.15, -0.1) is 0 Å². The first-order chi connectivity index (χ1) is 12.9. The number of fused-ring (bicyclic) bond motifs is 1. The average Bonchev–Trinajstić information content (AvgIpc) is 2.65.